The minimum absolute atomic E-state index is 0.0152. The topological polar surface area (TPSA) is 95.9 Å². The van der Waals surface area contributed by atoms with Gasteiger partial charge in [-0.15, -0.1) is 0 Å². The molecule has 0 saturated heterocycles. The van der Waals surface area contributed by atoms with Crippen LogP contribution in [0.1, 0.15) is 271 Å². The number of carbonyl (C=O) groups excluding carboxylic acids is 2. The molecule has 0 rings (SSSR count). The third-order valence-electron chi connectivity index (χ3n) is 11.9. The van der Waals surface area contributed by atoms with Crippen LogP contribution in [0.3, 0.4) is 0 Å². The Hall–Kier alpha value is -1.92. The van der Waals surface area contributed by atoms with Gasteiger partial charge in [-0.2, -0.15) is 0 Å². The Balaban J connectivity index is 3.47. The SMILES string of the molecule is CCCCC/C=C\C/C=C\CCCCCCCCCCCC(=O)OCCCCCCCCCCCCCCC(=O)NC(CO)C(O)/C=C/CCCCCCCCCCCC. The third-order valence-corrected chi connectivity index (χ3v) is 11.9. The average molecular weight is 844 g/mol. The molecule has 0 radical (unpaired) electrons. The predicted molar refractivity (Wildman–Crippen MR) is 259 cm³/mol. The first-order valence-corrected chi connectivity index (χ1v) is 26.3. The summed E-state index contributed by atoms with van der Waals surface area (Å²) >= 11 is 0. The summed E-state index contributed by atoms with van der Waals surface area (Å²) < 4.78 is 5.47. The Bertz CT molecular complexity index is 977. The van der Waals surface area contributed by atoms with Gasteiger partial charge in [0.15, 0.2) is 0 Å². The first-order valence-electron chi connectivity index (χ1n) is 26.3. The van der Waals surface area contributed by atoms with Crippen LogP contribution in [0.4, 0.5) is 0 Å². The van der Waals surface area contributed by atoms with Crippen molar-refractivity contribution in [2.24, 2.45) is 0 Å². The smallest absolute Gasteiger partial charge is 0.305 e. The molecule has 0 aliphatic heterocycles. The second-order valence-electron chi connectivity index (χ2n) is 17.9. The molecule has 2 unspecified atom stereocenters. The number of carbonyl (C=O) groups is 2. The van der Waals surface area contributed by atoms with Crippen LogP contribution in [0.2, 0.25) is 0 Å². The van der Waals surface area contributed by atoms with Crippen molar-refractivity contribution in [1.82, 2.24) is 5.32 Å². The van der Waals surface area contributed by atoms with Crippen molar-refractivity contribution >= 4 is 11.9 Å². The second kappa shape index (κ2) is 49.7. The van der Waals surface area contributed by atoms with Gasteiger partial charge < -0.3 is 20.3 Å². The van der Waals surface area contributed by atoms with Crippen molar-refractivity contribution in [1.29, 1.82) is 0 Å². The number of allylic oxidation sites excluding steroid dienone is 5. The number of rotatable bonds is 48. The van der Waals surface area contributed by atoms with Crippen LogP contribution in [-0.2, 0) is 14.3 Å². The van der Waals surface area contributed by atoms with Crippen LogP contribution in [-0.4, -0.2) is 47.4 Å². The minimum Gasteiger partial charge on any atom is -0.466 e. The van der Waals surface area contributed by atoms with Gasteiger partial charge in [0, 0.05) is 12.8 Å². The van der Waals surface area contributed by atoms with E-state index in [1.54, 1.807) is 6.08 Å². The Morgan fingerprint density at radius 2 is 0.833 bits per heavy atom. The highest BCUT2D eigenvalue weighted by molar-refractivity contribution is 5.76. The molecule has 60 heavy (non-hydrogen) atoms. The summed E-state index contributed by atoms with van der Waals surface area (Å²) in [5.74, 6) is -0.100. The van der Waals surface area contributed by atoms with E-state index in [1.807, 2.05) is 6.08 Å². The number of ether oxygens (including phenoxy) is 1. The fourth-order valence-electron chi connectivity index (χ4n) is 7.84. The van der Waals surface area contributed by atoms with E-state index in [0.717, 1.165) is 64.2 Å². The van der Waals surface area contributed by atoms with Crippen molar-refractivity contribution in [3.63, 3.8) is 0 Å². The lowest BCUT2D eigenvalue weighted by molar-refractivity contribution is -0.143. The van der Waals surface area contributed by atoms with Crippen LogP contribution >= 0.6 is 0 Å². The number of nitrogens with one attached hydrogen (secondary N) is 1. The fraction of sp³-hybridized carbons (Fsp3) is 0.852. The zero-order chi connectivity index (χ0) is 43.7. The van der Waals surface area contributed by atoms with Crippen LogP contribution in [0.15, 0.2) is 36.5 Å². The van der Waals surface area contributed by atoms with Crippen LogP contribution in [0.25, 0.3) is 0 Å². The number of hydrogen-bond acceptors (Lipinski definition) is 5. The molecule has 0 aliphatic rings. The molecule has 0 bridgehead atoms. The largest absolute Gasteiger partial charge is 0.466 e. The highest BCUT2D eigenvalue weighted by atomic mass is 16.5. The number of amides is 1. The summed E-state index contributed by atoms with van der Waals surface area (Å²) in [5.41, 5.74) is 0. The third kappa shape index (κ3) is 45.6. The lowest BCUT2D eigenvalue weighted by Crippen LogP contribution is -2.45. The van der Waals surface area contributed by atoms with Gasteiger partial charge in [0.25, 0.3) is 0 Å². The van der Waals surface area contributed by atoms with Gasteiger partial charge in [0.2, 0.25) is 5.91 Å². The molecule has 0 spiro atoms. The van der Waals surface area contributed by atoms with Crippen molar-refractivity contribution in [2.75, 3.05) is 13.2 Å². The summed E-state index contributed by atoms with van der Waals surface area (Å²) in [4.78, 5) is 24.5. The Morgan fingerprint density at radius 3 is 1.30 bits per heavy atom. The molecule has 0 heterocycles. The second-order valence-corrected chi connectivity index (χ2v) is 17.9. The molecule has 0 saturated carbocycles. The maximum absolute atomic E-state index is 12.4. The summed E-state index contributed by atoms with van der Waals surface area (Å²) in [6, 6.07) is -0.639. The summed E-state index contributed by atoms with van der Waals surface area (Å²) in [6.07, 6.45) is 60.0. The number of unbranched alkanes of at least 4 members (excludes halogenated alkanes) is 33. The number of aliphatic hydroxyl groups excluding tert-OH is 2. The van der Waals surface area contributed by atoms with E-state index in [0.29, 0.717) is 19.4 Å². The molecule has 6 heteroatoms. The maximum Gasteiger partial charge on any atom is 0.305 e. The average Bonchev–Trinajstić information content (AvgIpc) is 3.25. The number of aliphatic hydroxyl groups is 2. The Labute approximate surface area is 373 Å². The quantitative estimate of drug-likeness (QED) is 0.0322. The molecule has 1 amide bonds. The molecule has 352 valence electrons. The van der Waals surface area contributed by atoms with Crippen LogP contribution in [0, 0.1) is 0 Å². The van der Waals surface area contributed by atoms with Gasteiger partial charge in [0.1, 0.15) is 0 Å². The van der Waals surface area contributed by atoms with E-state index < -0.39 is 12.1 Å². The summed E-state index contributed by atoms with van der Waals surface area (Å²) in [5, 5.41) is 23.0. The molecule has 0 aliphatic carbocycles. The fourth-order valence-corrected chi connectivity index (χ4v) is 7.84. The van der Waals surface area contributed by atoms with E-state index in [9.17, 15) is 19.8 Å². The van der Waals surface area contributed by atoms with Crippen molar-refractivity contribution < 1.29 is 24.5 Å². The molecule has 0 aromatic rings. The van der Waals surface area contributed by atoms with E-state index in [4.69, 9.17) is 4.74 Å². The molecule has 2 atom stereocenters. The lowest BCUT2D eigenvalue weighted by atomic mass is 10.0. The van der Waals surface area contributed by atoms with Gasteiger partial charge in [-0.1, -0.05) is 230 Å². The normalized spacial score (nSPS) is 12.9. The number of esters is 1. The summed E-state index contributed by atoms with van der Waals surface area (Å²) in [7, 11) is 0. The van der Waals surface area contributed by atoms with Gasteiger partial charge in [-0.3, -0.25) is 9.59 Å². The zero-order valence-electron chi connectivity index (χ0n) is 39.9. The van der Waals surface area contributed by atoms with Crippen molar-refractivity contribution in [3.8, 4) is 0 Å². The van der Waals surface area contributed by atoms with E-state index >= 15 is 0 Å². The van der Waals surface area contributed by atoms with Gasteiger partial charge >= 0.3 is 5.97 Å². The Kier molecular flexibility index (Phi) is 48.1. The van der Waals surface area contributed by atoms with Crippen molar-refractivity contribution in [3.05, 3.63) is 36.5 Å². The standard InChI is InChI=1S/C54H101NO5/c1-3-5-7-9-11-13-15-17-18-19-20-21-22-23-28-32-36-40-44-48-54(59)60-49-45-41-37-33-29-25-24-27-31-35-39-43-47-53(58)55-51(50-56)52(57)46-42-38-34-30-26-16-14-12-10-8-6-4-2/h11,13,17-18,42,46,51-52,56-57H,3-10,12,14-16,19-41,43-45,47-50H2,1-2H3,(H,55,58)/b13-11-,18-17-,46-42+. The first-order chi connectivity index (χ1) is 29.5. The van der Waals surface area contributed by atoms with E-state index in [1.165, 1.54) is 180 Å². The highest BCUT2D eigenvalue weighted by Gasteiger charge is 2.18. The molecule has 3 N–H and O–H groups in total. The molecule has 6 nitrogen and oxygen atoms in total. The minimum atomic E-state index is -0.854. The Morgan fingerprint density at radius 1 is 0.467 bits per heavy atom. The molecular weight excluding hydrogens is 743 g/mol. The molecule has 0 aromatic heterocycles. The first kappa shape index (κ1) is 58.1. The van der Waals surface area contributed by atoms with Gasteiger partial charge in [0.05, 0.1) is 25.4 Å². The van der Waals surface area contributed by atoms with Gasteiger partial charge in [-0.05, 0) is 64.2 Å². The van der Waals surface area contributed by atoms with E-state index in [2.05, 4.69) is 43.5 Å². The highest BCUT2D eigenvalue weighted by Crippen LogP contribution is 2.15. The molecular formula is C54H101NO5. The zero-order valence-corrected chi connectivity index (χ0v) is 39.9. The van der Waals surface area contributed by atoms with E-state index in [-0.39, 0.29) is 18.5 Å². The predicted octanol–water partition coefficient (Wildman–Crippen LogP) is 15.7. The number of hydrogen-bond donors (Lipinski definition) is 3. The van der Waals surface area contributed by atoms with Gasteiger partial charge in [-0.25, -0.2) is 0 Å². The monoisotopic (exact) mass is 844 g/mol. The molecule has 0 aromatic carbocycles. The maximum atomic E-state index is 12.4. The van der Waals surface area contributed by atoms with Crippen LogP contribution in [0.5, 0.6) is 0 Å². The lowest BCUT2D eigenvalue weighted by Gasteiger charge is -2.20. The van der Waals surface area contributed by atoms with Crippen LogP contribution < -0.4 is 5.32 Å². The molecule has 0 fully saturated rings. The summed E-state index contributed by atoms with van der Waals surface area (Å²) in [6.45, 7) is 4.83. The van der Waals surface area contributed by atoms with Crippen molar-refractivity contribution in [2.45, 2.75) is 283 Å².